The van der Waals surface area contributed by atoms with Crippen LogP contribution in [0.3, 0.4) is 0 Å². The Hall–Kier alpha value is -6.25. The van der Waals surface area contributed by atoms with Gasteiger partial charge in [-0.05, 0) is 166 Å². The second-order valence-corrected chi connectivity index (χ2v) is 24.8. The normalized spacial score (nSPS) is 21.2. The SMILES string of the molecule is CC1(C)CCC(CN2CCN(c3ccc(C(=O)NS(=O)(=O)c4ccc(NC[C@H]5CC[C@](C)(O)CC5)c([N+](=O)[O-])c4)c(Oc4cnc5[nH]ccc5c4)c3)CC2)=C(c2cc(-c3c(F)cc(C(C)(O)C4CC4)cc3F)cs2)C1. The minimum Gasteiger partial charge on any atom is -0.455 e. The van der Waals surface area contributed by atoms with Crippen LogP contribution in [0.5, 0.6) is 11.5 Å². The molecule has 4 heterocycles. The number of anilines is 2. The number of H-pyrrole nitrogens is 1. The van der Waals surface area contributed by atoms with Crippen molar-refractivity contribution in [2.75, 3.05) is 49.5 Å². The number of rotatable bonds is 16. The number of aromatic amines is 1. The van der Waals surface area contributed by atoms with Crippen molar-refractivity contribution in [2.24, 2.45) is 17.3 Å². The number of nitro groups is 1. The van der Waals surface area contributed by atoms with E-state index >= 15 is 8.78 Å². The van der Waals surface area contributed by atoms with E-state index in [4.69, 9.17) is 4.74 Å². The number of piperazine rings is 1. The number of aromatic nitrogens is 2. The van der Waals surface area contributed by atoms with Crippen LogP contribution in [-0.4, -0.2) is 89.2 Å². The largest absolute Gasteiger partial charge is 0.455 e. The number of thiophene rings is 1. The van der Waals surface area contributed by atoms with Gasteiger partial charge in [0.1, 0.15) is 34.5 Å². The average molecular weight is 1060 g/mol. The summed E-state index contributed by atoms with van der Waals surface area (Å²) < 4.78 is 67.5. The van der Waals surface area contributed by atoms with E-state index in [1.807, 2.05) is 17.5 Å². The van der Waals surface area contributed by atoms with Crippen LogP contribution in [0.2, 0.25) is 0 Å². The van der Waals surface area contributed by atoms with Crippen LogP contribution in [0.1, 0.15) is 106 Å². The third-order valence-electron chi connectivity index (χ3n) is 15.8. The highest BCUT2D eigenvalue weighted by Crippen LogP contribution is 2.48. The summed E-state index contributed by atoms with van der Waals surface area (Å²) in [5.41, 5.74) is 2.16. The van der Waals surface area contributed by atoms with E-state index in [9.17, 15) is 33.5 Å². The zero-order valence-corrected chi connectivity index (χ0v) is 44.2. The summed E-state index contributed by atoms with van der Waals surface area (Å²) in [6.45, 7) is 11.7. The number of aliphatic hydroxyl groups is 2. The molecule has 3 aliphatic carbocycles. The van der Waals surface area contributed by atoms with E-state index in [0.717, 1.165) is 73.5 Å². The summed E-state index contributed by atoms with van der Waals surface area (Å²) in [4.78, 5) is 38.2. The molecule has 0 spiro atoms. The Morgan fingerprint density at radius 3 is 2.43 bits per heavy atom. The van der Waals surface area contributed by atoms with Gasteiger partial charge in [-0.3, -0.25) is 19.8 Å². The molecule has 396 valence electrons. The van der Waals surface area contributed by atoms with Crippen molar-refractivity contribution < 1.29 is 41.9 Å². The zero-order chi connectivity index (χ0) is 53.0. The molecular weight excluding hydrogens is 1000 g/mol. The lowest BCUT2D eigenvalue weighted by Crippen LogP contribution is -2.47. The molecular formula is C56H63F2N7O8S2. The summed E-state index contributed by atoms with van der Waals surface area (Å²) >= 11 is 1.49. The van der Waals surface area contributed by atoms with E-state index in [2.05, 4.69) is 43.7 Å². The third kappa shape index (κ3) is 11.5. The highest BCUT2D eigenvalue weighted by atomic mass is 32.2. The number of nitrogens with zero attached hydrogens (tertiary/aromatic N) is 4. The first-order chi connectivity index (χ1) is 35.6. The Kier molecular flexibility index (Phi) is 14.2. The van der Waals surface area contributed by atoms with E-state index in [0.29, 0.717) is 62.5 Å². The second-order valence-electron chi connectivity index (χ2n) is 22.2. The maximum atomic E-state index is 15.7. The Morgan fingerprint density at radius 2 is 1.72 bits per heavy atom. The molecule has 75 heavy (non-hydrogen) atoms. The molecule has 1 saturated heterocycles. The first-order valence-electron chi connectivity index (χ1n) is 25.7. The zero-order valence-electron chi connectivity index (χ0n) is 42.5. The van der Waals surface area contributed by atoms with Crippen molar-refractivity contribution >= 4 is 60.9 Å². The summed E-state index contributed by atoms with van der Waals surface area (Å²) in [6.07, 6.45) is 10.3. The van der Waals surface area contributed by atoms with Gasteiger partial charge in [0.25, 0.3) is 21.6 Å². The Balaban J connectivity index is 0.850. The van der Waals surface area contributed by atoms with Crippen molar-refractivity contribution in [3.8, 4) is 22.6 Å². The molecule has 4 aliphatic rings. The topological polar surface area (TPSA) is 203 Å². The number of carbonyl (C=O) groups excluding carboxylic acids is 1. The molecule has 19 heteroatoms. The number of fused-ring (bicyclic) bond motifs is 1. The number of amides is 1. The predicted octanol–water partition coefficient (Wildman–Crippen LogP) is 11.1. The molecule has 5 N–H and O–H groups in total. The van der Waals surface area contributed by atoms with Gasteiger partial charge < -0.3 is 30.2 Å². The molecule has 6 aromatic rings. The lowest BCUT2D eigenvalue weighted by atomic mass is 9.73. The van der Waals surface area contributed by atoms with E-state index in [1.165, 1.54) is 59.0 Å². The number of benzene rings is 3. The number of pyridine rings is 1. The summed E-state index contributed by atoms with van der Waals surface area (Å²) in [5, 5.41) is 39.2. The van der Waals surface area contributed by atoms with Gasteiger partial charge in [0.05, 0.1) is 38.3 Å². The fraction of sp³-hybridized carbons (Fsp3) is 0.429. The number of nitrogens with one attached hydrogen (secondary N) is 3. The minimum absolute atomic E-state index is 0.00109. The van der Waals surface area contributed by atoms with Crippen LogP contribution in [0.15, 0.2) is 95.0 Å². The average Bonchev–Trinajstić information content (AvgIpc) is 3.96. The van der Waals surface area contributed by atoms with Gasteiger partial charge in [0.15, 0.2) is 0 Å². The number of carbonyl (C=O) groups is 1. The van der Waals surface area contributed by atoms with Gasteiger partial charge in [-0.15, -0.1) is 11.3 Å². The number of sulfonamides is 1. The third-order valence-corrected chi connectivity index (χ3v) is 18.1. The number of allylic oxidation sites excluding steroid dienone is 1. The maximum absolute atomic E-state index is 15.7. The van der Waals surface area contributed by atoms with Crippen molar-refractivity contribution in [3.05, 3.63) is 128 Å². The second kappa shape index (κ2) is 20.4. The van der Waals surface area contributed by atoms with Gasteiger partial charge in [-0.2, -0.15) is 0 Å². The summed E-state index contributed by atoms with van der Waals surface area (Å²) in [6, 6.07) is 16.4. The molecule has 3 aromatic carbocycles. The molecule has 15 nitrogen and oxygen atoms in total. The molecule has 1 amide bonds. The molecule has 3 aromatic heterocycles. The number of hydrogen-bond acceptors (Lipinski definition) is 13. The van der Waals surface area contributed by atoms with Gasteiger partial charge in [-0.25, -0.2) is 26.9 Å². The van der Waals surface area contributed by atoms with E-state index in [1.54, 1.807) is 38.2 Å². The predicted molar refractivity (Wildman–Crippen MR) is 287 cm³/mol. The van der Waals surface area contributed by atoms with E-state index in [-0.39, 0.29) is 45.4 Å². The first kappa shape index (κ1) is 52.2. The quantitative estimate of drug-likeness (QED) is 0.0454. The van der Waals surface area contributed by atoms with Gasteiger partial charge in [-0.1, -0.05) is 19.4 Å². The molecule has 10 rings (SSSR count). The minimum atomic E-state index is -4.63. The fourth-order valence-corrected chi connectivity index (χ4v) is 12.9. The van der Waals surface area contributed by atoms with Crippen molar-refractivity contribution in [2.45, 2.75) is 102 Å². The van der Waals surface area contributed by atoms with Crippen molar-refractivity contribution in [1.29, 1.82) is 0 Å². The lowest BCUT2D eigenvalue weighted by Gasteiger charge is -2.39. The molecule has 0 radical (unpaired) electrons. The van der Waals surface area contributed by atoms with Crippen molar-refractivity contribution in [1.82, 2.24) is 19.6 Å². The monoisotopic (exact) mass is 1060 g/mol. The fourth-order valence-electron chi connectivity index (χ4n) is 10.9. The van der Waals surface area contributed by atoms with Crippen LogP contribution in [0.4, 0.5) is 25.8 Å². The number of halogens is 2. The Morgan fingerprint density at radius 1 is 0.987 bits per heavy atom. The molecule has 1 atom stereocenters. The van der Waals surface area contributed by atoms with Crippen LogP contribution < -0.4 is 19.7 Å². The molecule has 1 unspecified atom stereocenters. The smallest absolute Gasteiger partial charge is 0.293 e. The Bertz CT molecular complexity index is 3290. The van der Waals surface area contributed by atoms with Crippen LogP contribution in [-0.2, 0) is 15.6 Å². The lowest BCUT2D eigenvalue weighted by molar-refractivity contribution is -0.384. The number of ether oxygens (including phenoxy) is 1. The standard InChI is InChI=1S/C56H63F2N7O8S2/c1-54(2)15-13-36(44(29-54)50-24-37(33-74-50)51-45(57)25-39(26-46(51)58)56(4,68)38-5-6-38)32-63-19-21-64(22-20-63)40-7-9-43(49(27-40)73-41-23-35-14-18-59-52(35)61-31-41)53(66)62-75(71,72)42-8-10-47(48(28-42)65(69)70)60-30-34-11-16-55(3,67)17-12-34/h7-10,14,18,23-28,31,33-34,38,60,67-68H,5-6,11-13,15-17,19-22,29-30,32H2,1-4H3,(H,59,61)(H,62,66)/t34-,55-,56?. The highest BCUT2D eigenvalue weighted by Gasteiger charge is 2.42. The molecule has 3 fully saturated rings. The number of nitro benzene ring substituents is 1. The highest BCUT2D eigenvalue weighted by molar-refractivity contribution is 7.90. The van der Waals surface area contributed by atoms with Crippen LogP contribution in [0, 0.1) is 39.0 Å². The molecule has 0 bridgehead atoms. The van der Waals surface area contributed by atoms with Crippen LogP contribution >= 0.6 is 11.3 Å². The summed E-state index contributed by atoms with van der Waals surface area (Å²) in [7, 11) is -4.63. The number of hydrogen-bond donors (Lipinski definition) is 5. The molecule has 2 saturated carbocycles. The summed E-state index contributed by atoms with van der Waals surface area (Å²) in [5.74, 6) is -1.81. The maximum Gasteiger partial charge on any atom is 0.293 e. The van der Waals surface area contributed by atoms with E-state index < -0.39 is 54.3 Å². The van der Waals surface area contributed by atoms with Gasteiger partial charge in [0.2, 0.25) is 0 Å². The molecule has 1 aliphatic heterocycles. The van der Waals surface area contributed by atoms with Gasteiger partial charge >= 0.3 is 0 Å². The van der Waals surface area contributed by atoms with Gasteiger partial charge in [0, 0.05) is 73.5 Å². The first-order valence-corrected chi connectivity index (χ1v) is 28.0. The Labute approximate surface area is 439 Å². The van der Waals surface area contributed by atoms with Crippen LogP contribution in [0.25, 0.3) is 27.7 Å². The van der Waals surface area contributed by atoms with Crippen molar-refractivity contribution in [3.63, 3.8) is 0 Å².